The average Bonchev–Trinajstić information content (AvgIpc) is 2.90. The predicted octanol–water partition coefficient (Wildman–Crippen LogP) is 4.66. The van der Waals surface area contributed by atoms with E-state index in [4.69, 9.17) is 10.8 Å². The number of amides is 2. The van der Waals surface area contributed by atoms with Crippen molar-refractivity contribution in [3.63, 3.8) is 0 Å². The largest absolute Gasteiger partial charge is 0.465 e. The fraction of sp³-hybridized carbons (Fsp3) is 0.379. The standard InChI is InChI=1S/C29H30F3N5O4/c1-14-9-15(10-21(33)25(14)37-28(39)40)17-5-8-34-13-23(17)36-27(38)22-4-3-18(30)26(35-22)24-19(31)11-16(12-20(24)32)29(41)6-2-7-29/h3-5,8,11-15,21,25,37,41H,2,6-7,9-10,33H2,1H3,(H,36,38)(H,39,40)/t14-,15+,21+,25-/m0/s1. The number of hydrogen-bond acceptors (Lipinski definition) is 6. The van der Waals surface area contributed by atoms with Crippen molar-refractivity contribution in [1.82, 2.24) is 15.3 Å². The summed E-state index contributed by atoms with van der Waals surface area (Å²) in [6.07, 6.45) is 4.36. The Bertz CT molecular complexity index is 1460. The second-order valence-corrected chi connectivity index (χ2v) is 10.9. The lowest BCUT2D eigenvalue weighted by atomic mass is 9.73. The first-order chi connectivity index (χ1) is 19.5. The van der Waals surface area contributed by atoms with Crippen molar-refractivity contribution in [2.24, 2.45) is 11.7 Å². The smallest absolute Gasteiger partial charge is 0.404 e. The van der Waals surface area contributed by atoms with E-state index in [1.165, 1.54) is 6.20 Å². The molecule has 9 nitrogen and oxygen atoms in total. The summed E-state index contributed by atoms with van der Waals surface area (Å²) in [6.45, 7) is 1.90. The van der Waals surface area contributed by atoms with Crippen LogP contribution in [0.3, 0.4) is 0 Å². The number of anilines is 1. The number of benzene rings is 1. The molecular formula is C29H30F3N5O4. The Morgan fingerprint density at radius 1 is 1.07 bits per heavy atom. The number of carbonyl (C=O) groups is 2. The molecule has 0 spiro atoms. The van der Waals surface area contributed by atoms with Crippen LogP contribution in [0.2, 0.25) is 0 Å². The third-order valence-corrected chi connectivity index (χ3v) is 8.20. The summed E-state index contributed by atoms with van der Waals surface area (Å²) < 4.78 is 44.9. The monoisotopic (exact) mass is 569 g/mol. The lowest BCUT2D eigenvalue weighted by Crippen LogP contribution is -2.54. The summed E-state index contributed by atoms with van der Waals surface area (Å²) in [4.78, 5) is 32.4. The predicted molar refractivity (Wildman–Crippen MR) is 144 cm³/mol. The highest BCUT2D eigenvalue weighted by molar-refractivity contribution is 6.03. The minimum atomic E-state index is -1.32. The molecule has 0 unspecified atom stereocenters. The van der Waals surface area contributed by atoms with E-state index in [2.05, 4.69) is 20.6 Å². The van der Waals surface area contributed by atoms with Gasteiger partial charge in [0.25, 0.3) is 5.91 Å². The van der Waals surface area contributed by atoms with Crippen molar-refractivity contribution < 1.29 is 33.0 Å². The molecule has 3 aromatic rings. The fourth-order valence-electron chi connectivity index (χ4n) is 5.90. The Morgan fingerprint density at radius 2 is 1.78 bits per heavy atom. The van der Waals surface area contributed by atoms with Gasteiger partial charge in [0.05, 0.1) is 23.0 Å². The van der Waals surface area contributed by atoms with Crippen molar-refractivity contribution in [3.05, 3.63) is 77.0 Å². The molecule has 12 heteroatoms. The first-order valence-electron chi connectivity index (χ1n) is 13.4. The van der Waals surface area contributed by atoms with Crippen molar-refractivity contribution >= 4 is 17.7 Å². The number of halogens is 3. The molecule has 41 heavy (non-hydrogen) atoms. The first kappa shape index (κ1) is 28.5. The van der Waals surface area contributed by atoms with Gasteiger partial charge in [-0.15, -0.1) is 0 Å². The highest BCUT2D eigenvalue weighted by atomic mass is 19.1. The van der Waals surface area contributed by atoms with E-state index in [0.29, 0.717) is 31.4 Å². The molecule has 4 atom stereocenters. The van der Waals surface area contributed by atoms with Gasteiger partial charge in [0, 0.05) is 18.3 Å². The summed E-state index contributed by atoms with van der Waals surface area (Å²) in [5.41, 5.74) is 4.45. The quantitative estimate of drug-likeness (QED) is 0.290. The van der Waals surface area contributed by atoms with Crippen LogP contribution in [-0.4, -0.2) is 44.3 Å². The molecule has 6 N–H and O–H groups in total. The van der Waals surface area contributed by atoms with Crippen molar-refractivity contribution in [1.29, 1.82) is 0 Å². The van der Waals surface area contributed by atoms with Gasteiger partial charge in [0.1, 0.15) is 28.8 Å². The van der Waals surface area contributed by atoms with E-state index < -0.39 is 58.4 Å². The molecule has 1 aromatic carbocycles. The van der Waals surface area contributed by atoms with Gasteiger partial charge in [0.15, 0.2) is 0 Å². The lowest BCUT2D eigenvalue weighted by Gasteiger charge is -2.39. The van der Waals surface area contributed by atoms with Crippen LogP contribution in [0.5, 0.6) is 0 Å². The van der Waals surface area contributed by atoms with Crippen LogP contribution in [0.25, 0.3) is 11.3 Å². The second kappa shape index (κ2) is 11.1. The van der Waals surface area contributed by atoms with Gasteiger partial charge in [0.2, 0.25) is 0 Å². The zero-order valence-electron chi connectivity index (χ0n) is 22.2. The lowest BCUT2D eigenvalue weighted by molar-refractivity contribution is -0.0392. The molecule has 0 radical (unpaired) electrons. The SMILES string of the molecule is C[C@H]1C[C@@H](c2ccncc2NC(=O)c2ccc(F)c(-c3c(F)cc(C4(O)CCC4)cc3F)n2)C[C@@H](N)[C@H]1NC(=O)O. The van der Waals surface area contributed by atoms with Crippen molar-refractivity contribution in [2.45, 2.75) is 62.6 Å². The molecule has 2 aliphatic carbocycles. The van der Waals surface area contributed by atoms with Crippen LogP contribution >= 0.6 is 0 Å². The normalized spacial score (nSPS) is 23.4. The zero-order valence-corrected chi connectivity index (χ0v) is 22.2. The van der Waals surface area contributed by atoms with Crippen LogP contribution in [0.4, 0.5) is 23.7 Å². The Labute approximate surface area is 234 Å². The van der Waals surface area contributed by atoms with E-state index in [9.17, 15) is 19.1 Å². The van der Waals surface area contributed by atoms with E-state index in [1.807, 2.05) is 6.92 Å². The number of carboxylic acid groups (broad SMARTS) is 1. The van der Waals surface area contributed by atoms with E-state index in [0.717, 1.165) is 36.2 Å². The number of carbonyl (C=O) groups excluding carboxylic acids is 1. The highest BCUT2D eigenvalue weighted by Crippen LogP contribution is 2.43. The van der Waals surface area contributed by atoms with Crippen LogP contribution in [-0.2, 0) is 5.60 Å². The summed E-state index contributed by atoms with van der Waals surface area (Å²) in [5.74, 6) is -4.17. The minimum Gasteiger partial charge on any atom is -0.465 e. The van der Waals surface area contributed by atoms with Crippen LogP contribution in [0.15, 0.2) is 42.7 Å². The number of nitrogens with two attached hydrogens (primary N) is 1. The molecule has 2 aliphatic rings. The van der Waals surface area contributed by atoms with Gasteiger partial charge in [-0.1, -0.05) is 6.92 Å². The van der Waals surface area contributed by atoms with Crippen LogP contribution in [0, 0.1) is 23.4 Å². The number of pyridine rings is 2. The van der Waals surface area contributed by atoms with Gasteiger partial charge in [-0.3, -0.25) is 9.78 Å². The molecule has 0 aliphatic heterocycles. The molecule has 2 saturated carbocycles. The zero-order chi connectivity index (χ0) is 29.5. The summed E-state index contributed by atoms with van der Waals surface area (Å²) in [5, 5.41) is 24.8. The number of aliphatic hydroxyl groups is 1. The van der Waals surface area contributed by atoms with Crippen LogP contribution in [0.1, 0.15) is 66.6 Å². The Kier molecular flexibility index (Phi) is 7.71. The van der Waals surface area contributed by atoms with Gasteiger partial charge < -0.3 is 26.6 Å². The van der Waals surface area contributed by atoms with Crippen molar-refractivity contribution in [3.8, 4) is 11.3 Å². The molecule has 0 bridgehead atoms. The summed E-state index contributed by atoms with van der Waals surface area (Å²) in [6, 6.07) is 4.81. The second-order valence-electron chi connectivity index (χ2n) is 10.9. The molecule has 0 saturated heterocycles. The van der Waals surface area contributed by atoms with Gasteiger partial charge in [-0.05, 0) is 85.4 Å². The number of rotatable bonds is 6. The molecule has 2 amide bonds. The van der Waals surface area contributed by atoms with E-state index in [1.54, 1.807) is 12.3 Å². The van der Waals surface area contributed by atoms with Crippen molar-refractivity contribution in [2.75, 3.05) is 5.32 Å². The average molecular weight is 570 g/mol. The summed E-state index contributed by atoms with van der Waals surface area (Å²) in [7, 11) is 0. The van der Waals surface area contributed by atoms with Gasteiger partial charge in [-0.2, -0.15) is 0 Å². The Hall–Kier alpha value is -4.03. The maximum atomic E-state index is 15.1. The Balaban J connectivity index is 1.39. The molecule has 2 aromatic heterocycles. The highest BCUT2D eigenvalue weighted by Gasteiger charge is 2.38. The topological polar surface area (TPSA) is 150 Å². The third-order valence-electron chi connectivity index (χ3n) is 8.20. The number of nitrogens with one attached hydrogen (secondary N) is 2. The maximum Gasteiger partial charge on any atom is 0.404 e. The fourth-order valence-corrected chi connectivity index (χ4v) is 5.90. The van der Waals surface area contributed by atoms with E-state index in [-0.39, 0.29) is 23.1 Å². The molecule has 2 heterocycles. The maximum absolute atomic E-state index is 15.1. The van der Waals surface area contributed by atoms with Crippen LogP contribution < -0.4 is 16.4 Å². The van der Waals surface area contributed by atoms with Gasteiger partial charge in [-0.25, -0.2) is 22.9 Å². The molecule has 2 fully saturated rings. The number of nitrogens with zero attached hydrogens (tertiary/aromatic N) is 2. The molecule has 216 valence electrons. The van der Waals surface area contributed by atoms with Gasteiger partial charge >= 0.3 is 6.09 Å². The first-order valence-corrected chi connectivity index (χ1v) is 13.4. The Morgan fingerprint density at radius 3 is 2.39 bits per heavy atom. The third kappa shape index (κ3) is 5.62. The molecular weight excluding hydrogens is 539 g/mol. The summed E-state index contributed by atoms with van der Waals surface area (Å²) >= 11 is 0. The number of aromatic nitrogens is 2. The number of hydrogen-bond donors (Lipinski definition) is 5. The minimum absolute atomic E-state index is 0.0720. The van der Waals surface area contributed by atoms with E-state index >= 15 is 8.78 Å². The molecule has 5 rings (SSSR count).